The molecule has 0 fully saturated rings. The highest BCUT2D eigenvalue weighted by Crippen LogP contribution is 2.29. The normalized spacial score (nSPS) is 13.7. The van der Waals surface area contributed by atoms with Gasteiger partial charge in [-0.3, -0.25) is 14.5 Å². The molecule has 5 heteroatoms. The molecule has 1 N–H and O–H groups in total. The number of aryl methyl sites for hydroxylation is 1. The van der Waals surface area contributed by atoms with Crippen LogP contribution in [0, 0.1) is 6.92 Å². The summed E-state index contributed by atoms with van der Waals surface area (Å²) < 4.78 is 0. The minimum atomic E-state index is -0.268. The fourth-order valence-corrected chi connectivity index (χ4v) is 2.21. The van der Waals surface area contributed by atoms with Crippen molar-refractivity contribution in [3.63, 3.8) is 0 Å². The number of amides is 2. The smallest absolute Gasteiger partial charge is 0.277 e. The first-order valence-electron chi connectivity index (χ1n) is 6.29. The number of nitrogens with one attached hydrogen (secondary N) is 1. The molecule has 0 atom stereocenters. The third-order valence-electron chi connectivity index (χ3n) is 3.12. The van der Waals surface area contributed by atoms with Crippen molar-refractivity contribution in [1.82, 2.24) is 4.98 Å². The molecule has 20 heavy (non-hydrogen) atoms. The Hall–Kier alpha value is -2.69. The van der Waals surface area contributed by atoms with Gasteiger partial charge < -0.3 is 5.32 Å². The maximum Gasteiger partial charge on any atom is 0.277 e. The number of anilines is 2. The summed E-state index contributed by atoms with van der Waals surface area (Å²) in [6.45, 7) is 1.83. The van der Waals surface area contributed by atoms with Crippen LogP contribution in [0.1, 0.15) is 16.2 Å². The predicted molar refractivity (Wildman–Crippen MR) is 75.7 cm³/mol. The van der Waals surface area contributed by atoms with Gasteiger partial charge in [-0.15, -0.1) is 0 Å². The molecule has 0 saturated heterocycles. The molecule has 0 unspecified atom stereocenters. The molecule has 0 radical (unpaired) electrons. The van der Waals surface area contributed by atoms with Crippen LogP contribution in [-0.2, 0) is 4.79 Å². The van der Waals surface area contributed by atoms with E-state index >= 15 is 0 Å². The lowest BCUT2D eigenvalue weighted by Gasteiger charge is -2.28. The number of para-hydroxylation sites is 2. The first-order chi connectivity index (χ1) is 9.65. The summed E-state index contributed by atoms with van der Waals surface area (Å²) in [6, 6.07) is 12.5. The van der Waals surface area contributed by atoms with Gasteiger partial charge in [0.1, 0.15) is 12.2 Å². The molecule has 2 amide bonds. The predicted octanol–water partition coefficient (Wildman–Crippen LogP) is 1.99. The Morgan fingerprint density at radius 2 is 2.00 bits per heavy atom. The van der Waals surface area contributed by atoms with Gasteiger partial charge in [-0.1, -0.05) is 18.2 Å². The number of nitrogens with zero attached hydrogens (tertiary/aromatic N) is 2. The number of benzene rings is 1. The lowest BCUT2D eigenvalue weighted by Crippen LogP contribution is -2.42. The number of aromatic nitrogens is 1. The fraction of sp³-hybridized carbons (Fsp3) is 0.133. The van der Waals surface area contributed by atoms with Gasteiger partial charge in [0.15, 0.2) is 0 Å². The number of fused-ring (bicyclic) bond motifs is 1. The highest BCUT2D eigenvalue weighted by molar-refractivity contribution is 6.14. The van der Waals surface area contributed by atoms with Crippen LogP contribution in [0.15, 0.2) is 42.5 Å². The quantitative estimate of drug-likeness (QED) is 0.859. The van der Waals surface area contributed by atoms with Crippen LogP contribution < -0.4 is 10.2 Å². The molecule has 2 aromatic rings. The van der Waals surface area contributed by atoms with E-state index in [1.807, 2.05) is 31.2 Å². The van der Waals surface area contributed by atoms with Crippen molar-refractivity contribution >= 4 is 23.2 Å². The number of carbonyl (C=O) groups excluding carboxylic acids is 2. The minimum absolute atomic E-state index is 0.00543. The topological polar surface area (TPSA) is 62.3 Å². The highest BCUT2D eigenvalue weighted by atomic mass is 16.2. The van der Waals surface area contributed by atoms with E-state index < -0.39 is 0 Å². The summed E-state index contributed by atoms with van der Waals surface area (Å²) in [6.07, 6.45) is 0. The molecule has 1 aromatic carbocycles. The van der Waals surface area contributed by atoms with Crippen LogP contribution >= 0.6 is 0 Å². The Morgan fingerprint density at radius 3 is 2.80 bits per heavy atom. The second-order valence-electron chi connectivity index (χ2n) is 4.62. The molecule has 1 aliphatic rings. The number of hydrogen-bond acceptors (Lipinski definition) is 3. The van der Waals surface area contributed by atoms with E-state index in [9.17, 15) is 9.59 Å². The summed E-state index contributed by atoms with van der Waals surface area (Å²) in [5.74, 6) is -0.472. The monoisotopic (exact) mass is 267 g/mol. The fourth-order valence-electron chi connectivity index (χ4n) is 2.21. The highest BCUT2D eigenvalue weighted by Gasteiger charge is 2.27. The summed E-state index contributed by atoms with van der Waals surface area (Å²) >= 11 is 0. The molecule has 1 aromatic heterocycles. The molecular formula is C15H13N3O2. The van der Waals surface area contributed by atoms with E-state index in [1.54, 1.807) is 18.2 Å². The molecule has 100 valence electrons. The van der Waals surface area contributed by atoms with E-state index in [4.69, 9.17) is 0 Å². The molecule has 0 saturated carbocycles. The zero-order valence-corrected chi connectivity index (χ0v) is 11.0. The molecule has 5 nitrogen and oxygen atoms in total. The Kier molecular flexibility index (Phi) is 2.95. The zero-order chi connectivity index (χ0) is 14.1. The van der Waals surface area contributed by atoms with E-state index in [2.05, 4.69) is 10.3 Å². The van der Waals surface area contributed by atoms with Crippen molar-refractivity contribution in [1.29, 1.82) is 0 Å². The zero-order valence-electron chi connectivity index (χ0n) is 11.0. The van der Waals surface area contributed by atoms with Crippen LogP contribution in [0.4, 0.5) is 11.4 Å². The minimum Gasteiger partial charge on any atom is -0.323 e. The van der Waals surface area contributed by atoms with Gasteiger partial charge in [-0.2, -0.15) is 0 Å². The van der Waals surface area contributed by atoms with Crippen LogP contribution in [0.5, 0.6) is 0 Å². The van der Waals surface area contributed by atoms with Crippen molar-refractivity contribution < 1.29 is 9.59 Å². The summed E-state index contributed by atoms with van der Waals surface area (Å²) in [4.78, 5) is 29.9. The van der Waals surface area contributed by atoms with Crippen molar-refractivity contribution in [3.8, 4) is 0 Å². The first kappa shape index (κ1) is 12.3. The largest absolute Gasteiger partial charge is 0.323 e. The lowest BCUT2D eigenvalue weighted by molar-refractivity contribution is -0.115. The summed E-state index contributed by atoms with van der Waals surface area (Å²) in [7, 11) is 0. The maximum absolute atomic E-state index is 12.5. The van der Waals surface area contributed by atoms with Gasteiger partial charge in [0, 0.05) is 5.69 Å². The van der Waals surface area contributed by atoms with Gasteiger partial charge in [0.05, 0.1) is 11.4 Å². The van der Waals surface area contributed by atoms with Gasteiger partial charge >= 0.3 is 0 Å². The average Bonchev–Trinajstić information content (AvgIpc) is 2.45. The van der Waals surface area contributed by atoms with E-state index in [0.717, 1.165) is 5.69 Å². The van der Waals surface area contributed by atoms with Crippen molar-refractivity contribution in [2.24, 2.45) is 0 Å². The van der Waals surface area contributed by atoms with Crippen molar-refractivity contribution in [2.45, 2.75) is 6.92 Å². The van der Waals surface area contributed by atoms with E-state index in [1.165, 1.54) is 4.90 Å². The molecule has 0 aliphatic carbocycles. The Labute approximate surface area is 116 Å². The van der Waals surface area contributed by atoms with Crippen LogP contribution in [0.3, 0.4) is 0 Å². The third-order valence-corrected chi connectivity index (χ3v) is 3.12. The Morgan fingerprint density at radius 1 is 1.20 bits per heavy atom. The lowest BCUT2D eigenvalue weighted by atomic mass is 10.1. The SMILES string of the molecule is Cc1cccc(C(=O)N2CC(=O)Nc3ccccc32)n1. The summed E-state index contributed by atoms with van der Waals surface area (Å²) in [5, 5.41) is 2.75. The Balaban J connectivity index is 2.02. The first-order valence-corrected chi connectivity index (χ1v) is 6.29. The average molecular weight is 267 g/mol. The number of pyridine rings is 1. The Bertz CT molecular complexity index is 697. The standard InChI is InChI=1S/C15H13N3O2/c1-10-5-4-7-12(16-10)15(20)18-9-14(19)17-11-6-2-3-8-13(11)18/h2-8H,9H2,1H3,(H,17,19). The van der Waals surface area contributed by atoms with Gasteiger partial charge in [-0.05, 0) is 31.2 Å². The molecule has 3 rings (SSSR count). The van der Waals surface area contributed by atoms with Gasteiger partial charge in [0.2, 0.25) is 5.91 Å². The van der Waals surface area contributed by atoms with E-state index in [-0.39, 0.29) is 18.4 Å². The van der Waals surface area contributed by atoms with Gasteiger partial charge in [0.25, 0.3) is 5.91 Å². The second-order valence-corrected chi connectivity index (χ2v) is 4.62. The van der Waals surface area contributed by atoms with E-state index in [0.29, 0.717) is 17.1 Å². The third kappa shape index (κ3) is 2.14. The second kappa shape index (κ2) is 4.77. The van der Waals surface area contributed by atoms with Crippen molar-refractivity contribution in [3.05, 3.63) is 53.9 Å². The van der Waals surface area contributed by atoms with Crippen LogP contribution in [-0.4, -0.2) is 23.3 Å². The molecule has 0 spiro atoms. The molecule has 0 bridgehead atoms. The van der Waals surface area contributed by atoms with Crippen molar-refractivity contribution in [2.75, 3.05) is 16.8 Å². The number of carbonyl (C=O) groups is 2. The van der Waals surface area contributed by atoms with Gasteiger partial charge in [-0.25, -0.2) is 4.98 Å². The maximum atomic E-state index is 12.5. The molecule has 2 heterocycles. The van der Waals surface area contributed by atoms with Crippen LogP contribution in [0.25, 0.3) is 0 Å². The molecular weight excluding hydrogens is 254 g/mol. The van der Waals surface area contributed by atoms with Crippen LogP contribution in [0.2, 0.25) is 0 Å². The number of rotatable bonds is 1. The summed E-state index contributed by atoms with van der Waals surface area (Å²) in [5.41, 5.74) is 2.45. The number of hydrogen-bond donors (Lipinski definition) is 1. The molecule has 1 aliphatic heterocycles.